The Morgan fingerprint density at radius 3 is 1.00 bits per heavy atom. The summed E-state index contributed by atoms with van der Waals surface area (Å²) in [4.78, 5) is 58.8. The summed E-state index contributed by atoms with van der Waals surface area (Å²) in [5.41, 5.74) is 0.0239. The molecule has 0 radical (unpaired) electrons. The molecular formula is C40H42N8O4P2Pt+4. The van der Waals surface area contributed by atoms with Gasteiger partial charge in [0.25, 0.3) is 11.1 Å². The second kappa shape index (κ2) is 18.9. The Bertz CT molecular complexity index is 2440. The fraction of sp³-hybridized carbons (Fsp3) is 0.150. The normalized spacial score (nSPS) is 10.8. The van der Waals surface area contributed by atoms with Crippen molar-refractivity contribution in [3.63, 3.8) is 0 Å². The van der Waals surface area contributed by atoms with Crippen LogP contribution in [0.4, 0.5) is 0 Å². The van der Waals surface area contributed by atoms with Crippen LogP contribution in [0.15, 0.2) is 153 Å². The van der Waals surface area contributed by atoms with Gasteiger partial charge in [-0.3, -0.25) is 27.9 Å². The molecule has 8 aromatic rings. The van der Waals surface area contributed by atoms with Gasteiger partial charge in [-0.05, 0) is 48.5 Å². The Balaban J connectivity index is 0.000000178. The largest absolute Gasteiger partial charge is 2.00 e. The van der Waals surface area contributed by atoms with E-state index >= 15 is 0 Å². The minimum absolute atomic E-state index is 0. The minimum atomic E-state index is -0.783. The molecule has 0 aliphatic heterocycles. The molecule has 4 aromatic carbocycles. The smallest absolute Gasteiger partial charge is 0.339 e. The van der Waals surface area contributed by atoms with Gasteiger partial charge in [0.2, 0.25) is 0 Å². The topological polar surface area (TPSA) is 145 Å². The molecule has 0 bridgehead atoms. The molecule has 0 saturated heterocycles. The van der Waals surface area contributed by atoms with Crippen molar-refractivity contribution < 1.29 is 21.1 Å². The summed E-state index contributed by atoms with van der Waals surface area (Å²) in [6.45, 7) is 0. The van der Waals surface area contributed by atoms with Crippen LogP contribution >= 0.6 is 15.8 Å². The summed E-state index contributed by atoms with van der Waals surface area (Å²) in [7, 11) is 4.45. The molecule has 0 aliphatic carbocycles. The fourth-order valence-electron chi connectivity index (χ4n) is 6.26. The zero-order chi connectivity index (χ0) is 38.2. The molecule has 55 heavy (non-hydrogen) atoms. The van der Waals surface area contributed by atoms with Crippen LogP contribution in [0.3, 0.4) is 0 Å². The molecule has 0 saturated carbocycles. The number of imidazole rings is 2. The molecule has 0 spiro atoms. The van der Waals surface area contributed by atoms with Crippen molar-refractivity contribution in [1.82, 2.24) is 38.2 Å². The summed E-state index contributed by atoms with van der Waals surface area (Å²) in [6.07, 6.45) is 5.31. The second-order valence-electron chi connectivity index (χ2n) is 12.5. The van der Waals surface area contributed by atoms with E-state index in [-0.39, 0.29) is 43.6 Å². The van der Waals surface area contributed by atoms with E-state index in [2.05, 4.69) is 141 Å². The van der Waals surface area contributed by atoms with Crippen LogP contribution in [0.5, 0.6) is 0 Å². The molecular weight excluding hydrogens is 914 g/mol. The van der Waals surface area contributed by atoms with Gasteiger partial charge in [-0.15, -0.1) is 0 Å². The Labute approximate surface area is 333 Å². The number of rotatable bonds is 7. The Morgan fingerprint density at radius 2 is 0.727 bits per heavy atom. The molecule has 0 atom stereocenters. The number of hydrogen-bond donors (Lipinski definition) is 2. The van der Waals surface area contributed by atoms with E-state index in [0.717, 1.165) is 9.13 Å². The van der Waals surface area contributed by atoms with Gasteiger partial charge in [-0.25, -0.2) is 19.6 Å². The first-order valence-electron chi connectivity index (χ1n) is 17.3. The number of fused-ring (bicyclic) bond motifs is 2. The molecule has 0 fully saturated rings. The molecule has 0 unspecified atom stereocenters. The van der Waals surface area contributed by atoms with Crippen LogP contribution in [-0.2, 0) is 49.3 Å². The predicted octanol–water partition coefficient (Wildman–Crippen LogP) is 2.63. The monoisotopic (exact) mass is 955 g/mol. The van der Waals surface area contributed by atoms with Gasteiger partial charge in [0.1, 0.15) is 23.4 Å². The molecule has 15 heteroatoms. The first-order valence-corrected chi connectivity index (χ1v) is 20.7. The van der Waals surface area contributed by atoms with Gasteiger partial charge in [-0.2, -0.15) is 0 Å². The summed E-state index contributed by atoms with van der Waals surface area (Å²) in [6, 6.07) is 44.5. The molecule has 4 heterocycles. The molecule has 282 valence electrons. The summed E-state index contributed by atoms with van der Waals surface area (Å²) in [5, 5.41) is 6.06. The third-order valence-corrected chi connectivity index (χ3v) is 15.3. The van der Waals surface area contributed by atoms with Crippen molar-refractivity contribution in [2.75, 3.05) is 12.3 Å². The Hall–Kier alpha value is -5.27. The number of aromatic amines is 2. The van der Waals surface area contributed by atoms with Crippen molar-refractivity contribution in [1.29, 1.82) is 0 Å². The quantitative estimate of drug-likeness (QED) is 0.235. The SMILES string of the molecule is Cn1c(=O)c2[nH]cnc2n(C)c1=O.Cn1c(=O)c2[nH]cnc2n(C)c1=O.[Pt+2].c1ccc([PH+](CC[PH+](c2ccccc2)c2ccccc2)c2ccccc2)cc1. The molecule has 0 amide bonds. The number of benzene rings is 4. The molecule has 2 N–H and O–H groups in total. The van der Waals surface area contributed by atoms with Crippen LogP contribution in [0.1, 0.15) is 0 Å². The van der Waals surface area contributed by atoms with Gasteiger partial charge >= 0.3 is 32.4 Å². The molecule has 0 aliphatic rings. The molecule has 4 aromatic heterocycles. The van der Waals surface area contributed by atoms with Crippen molar-refractivity contribution >= 4 is 59.4 Å². The van der Waals surface area contributed by atoms with E-state index in [1.165, 1.54) is 69.4 Å². The second-order valence-corrected chi connectivity index (χ2v) is 17.8. The van der Waals surface area contributed by atoms with E-state index in [4.69, 9.17) is 0 Å². The van der Waals surface area contributed by atoms with Gasteiger partial charge in [0.05, 0.1) is 49.7 Å². The van der Waals surface area contributed by atoms with Crippen LogP contribution in [0, 0.1) is 0 Å². The Kier molecular flexibility index (Phi) is 14.0. The van der Waals surface area contributed by atoms with Crippen LogP contribution < -0.4 is 43.7 Å². The summed E-state index contributed by atoms with van der Waals surface area (Å²) >= 11 is 0. The summed E-state index contributed by atoms with van der Waals surface area (Å²) < 4.78 is 4.74. The minimum Gasteiger partial charge on any atom is -0.339 e. The van der Waals surface area contributed by atoms with Gasteiger partial charge < -0.3 is 9.97 Å². The summed E-state index contributed by atoms with van der Waals surface area (Å²) in [5.74, 6) is 0. The standard InChI is InChI=1S/C26H24P2.2C7H8N4O2.Pt/c1-5-13-23(14-6-1)27(24-15-7-2-8-16-24)21-22-28(25-17-9-3-10-18-25)26-19-11-4-12-20-26;2*1-10-5-4(8-3-9-5)6(12)11(2)7(10)13;/h1-20H,21-22H2;2*3H,1-2H3,(H,8,9);/q;;;+2/p+2. The van der Waals surface area contributed by atoms with Crippen molar-refractivity contribution in [3.05, 3.63) is 176 Å². The van der Waals surface area contributed by atoms with Crippen molar-refractivity contribution in [2.24, 2.45) is 28.2 Å². The Morgan fingerprint density at radius 1 is 0.455 bits per heavy atom. The number of nitrogens with zero attached hydrogens (tertiary/aromatic N) is 6. The molecule has 8 rings (SSSR count). The fourth-order valence-corrected chi connectivity index (χ4v) is 12.5. The number of aryl methyl sites for hydroxylation is 2. The number of aromatic nitrogens is 8. The molecule has 12 nitrogen and oxygen atoms in total. The number of H-pyrrole nitrogens is 2. The zero-order valence-corrected chi connectivity index (χ0v) is 35.0. The first kappa shape index (κ1) is 40.9. The third-order valence-electron chi connectivity index (χ3n) is 9.17. The number of nitrogens with one attached hydrogen (secondary N) is 2. The van der Waals surface area contributed by atoms with Crippen LogP contribution in [0.25, 0.3) is 22.3 Å². The van der Waals surface area contributed by atoms with Crippen molar-refractivity contribution in [3.8, 4) is 0 Å². The average Bonchev–Trinajstić information content (AvgIpc) is 3.93. The zero-order valence-electron chi connectivity index (χ0n) is 30.7. The van der Waals surface area contributed by atoms with Crippen LogP contribution in [0.2, 0.25) is 0 Å². The van der Waals surface area contributed by atoms with E-state index in [1.54, 1.807) is 14.1 Å². The maximum atomic E-state index is 11.4. The number of hydrogen-bond acceptors (Lipinski definition) is 6. The van der Waals surface area contributed by atoms with Gasteiger partial charge in [0.15, 0.2) is 11.3 Å². The average molecular weight is 956 g/mol. The van der Waals surface area contributed by atoms with E-state index in [0.29, 0.717) is 22.3 Å². The van der Waals surface area contributed by atoms with E-state index in [9.17, 15) is 19.2 Å². The third kappa shape index (κ3) is 9.17. The van der Waals surface area contributed by atoms with Crippen LogP contribution in [-0.4, -0.2) is 50.5 Å². The van der Waals surface area contributed by atoms with E-state index < -0.39 is 15.8 Å². The first-order chi connectivity index (χ1) is 26.2. The maximum absolute atomic E-state index is 11.4. The van der Waals surface area contributed by atoms with Gasteiger partial charge in [0, 0.05) is 28.2 Å². The maximum Gasteiger partial charge on any atom is 2.00 e. The predicted molar refractivity (Wildman–Crippen MR) is 224 cm³/mol. The van der Waals surface area contributed by atoms with Crippen molar-refractivity contribution in [2.45, 2.75) is 0 Å². The van der Waals surface area contributed by atoms with Gasteiger partial charge in [-0.1, -0.05) is 72.8 Å². The van der Waals surface area contributed by atoms with E-state index in [1.807, 2.05) is 0 Å².